The molecule has 1 N–H and O–H groups in total. The van der Waals surface area contributed by atoms with Crippen molar-refractivity contribution >= 4 is 48.9 Å². The van der Waals surface area contributed by atoms with Crippen molar-refractivity contribution in [2.45, 2.75) is 11.8 Å². The molecule has 1 aromatic heterocycles. The van der Waals surface area contributed by atoms with Crippen LogP contribution in [0.5, 0.6) is 0 Å². The molecule has 1 heterocycles. The largest absolute Gasteiger partial charge is 0.477 e. The molecule has 0 saturated carbocycles. The van der Waals surface area contributed by atoms with Gasteiger partial charge in [-0.05, 0) is 40.5 Å². The van der Waals surface area contributed by atoms with E-state index in [0.717, 1.165) is 21.2 Å². The van der Waals surface area contributed by atoms with E-state index in [0.29, 0.717) is 5.69 Å². The molecule has 0 atom stereocenters. The molecule has 8 heteroatoms. The summed E-state index contributed by atoms with van der Waals surface area (Å²) in [6, 6.07) is 8.25. The van der Waals surface area contributed by atoms with E-state index in [1.54, 1.807) is 12.1 Å². The van der Waals surface area contributed by atoms with E-state index < -0.39 is 16.0 Å². The van der Waals surface area contributed by atoms with Gasteiger partial charge in [-0.1, -0.05) is 18.2 Å². The van der Waals surface area contributed by atoms with Crippen LogP contribution in [0.2, 0.25) is 0 Å². The molecule has 0 aliphatic carbocycles. The molecule has 0 saturated heterocycles. The van der Waals surface area contributed by atoms with E-state index in [4.69, 9.17) is 5.11 Å². The van der Waals surface area contributed by atoms with E-state index in [1.807, 2.05) is 19.1 Å². The highest BCUT2D eigenvalue weighted by atomic mass is 79.9. The summed E-state index contributed by atoms with van der Waals surface area (Å²) in [7, 11) is -2.38. The van der Waals surface area contributed by atoms with Gasteiger partial charge in [-0.25, -0.2) is 13.2 Å². The normalized spacial score (nSPS) is 11.4. The van der Waals surface area contributed by atoms with Crippen LogP contribution in [0.15, 0.2) is 39.0 Å². The summed E-state index contributed by atoms with van der Waals surface area (Å²) in [6.45, 7) is 1.81. The SMILES string of the molecule is Cc1ccccc1N(C)S(=O)(=O)c1cc(C(=O)O)sc1Br. The van der Waals surface area contributed by atoms with Gasteiger partial charge in [-0.2, -0.15) is 0 Å². The quantitative estimate of drug-likeness (QED) is 0.869. The highest BCUT2D eigenvalue weighted by Crippen LogP contribution is 2.35. The highest BCUT2D eigenvalue weighted by Gasteiger charge is 2.28. The van der Waals surface area contributed by atoms with E-state index in [9.17, 15) is 13.2 Å². The lowest BCUT2D eigenvalue weighted by Crippen LogP contribution is -2.27. The van der Waals surface area contributed by atoms with Crippen molar-refractivity contribution in [3.8, 4) is 0 Å². The number of halogens is 1. The fraction of sp³-hybridized carbons (Fsp3) is 0.154. The second-order valence-corrected chi connectivity index (χ2v) is 8.62. The monoisotopic (exact) mass is 389 g/mol. The topological polar surface area (TPSA) is 74.7 Å². The number of carbonyl (C=O) groups is 1. The third-order valence-electron chi connectivity index (χ3n) is 2.96. The second kappa shape index (κ2) is 5.78. The average Bonchev–Trinajstić information content (AvgIpc) is 2.81. The number of para-hydroxylation sites is 1. The summed E-state index contributed by atoms with van der Waals surface area (Å²) in [5, 5.41) is 8.97. The van der Waals surface area contributed by atoms with E-state index in [1.165, 1.54) is 13.1 Å². The molecule has 1 aromatic carbocycles. The standard InChI is InChI=1S/C13H12BrNO4S2/c1-8-5-3-4-6-9(8)15(2)21(18,19)11-7-10(13(16)17)20-12(11)14/h3-7H,1-2H3,(H,16,17). The van der Waals surface area contributed by atoms with Crippen molar-refractivity contribution in [1.82, 2.24) is 0 Å². The number of hydrogen-bond acceptors (Lipinski definition) is 4. The molecule has 5 nitrogen and oxygen atoms in total. The van der Waals surface area contributed by atoms with Crippen LogP contribution in [0.3, 0.4) is 0 Å². The number of anilines is 1. The Morgan fingerprint density at radius 2 is 1.95 bits per heavy atom. The number of sulfonamides is 1. The third-order valence-corrected chi connectivity index (χ3v) is 6.97. The first-order chi connectivity index (χ1) is 9.75. The van der Waals surface area contributed by atoms with Crippen molar-refractivity contribution in [1.29, 1.82) is 0 Å². The number of hydrogen-bond donors (Lipinski definition) is 1. The maximum Gasteiger partial charge on any atom is 0.345 e. The van der Waals surface area contributed by atoms with Gasteiger partial charge in [0.05, 0.1) is 9.47 Å². The van der Waals surface area contributed by atoms with Crippen molar-refractivity contribution in [2.75, 3.05) is 11.4 Å². The van der Waals surface area contributed by atoms with Crippen LogP contribution in [-0.2, 0) is 10.0 Å². The van der Waals surface area contributed by atoms with Crippen LogP contribution < -0.4 is 4.31 Å². The first-order valence-corrected chi connectivity index (χ1v) is 8.87. The maximum atomic E-state index is 12.7. The zero-order valence-electron chi connectivity index (χ0n) is 11.2. The summed E-state index contributed by atoms with van der Waals surface area (Å²) < 4.78 is 26.7. The molecule has 0 aliphatic rings. The fourth-order valence-corrected chi connectivity index (χ4v) is 5.44. The van der Waals surface area contributed by atoms with Gasteiger partial charge < -0.3 is 5.11 Å². The Bertz CT molecular complexity index is 798. The second-order valence-electron chi connectivity index (χ2n) is 4.31. The number of aromatic carboxylic acids is 1. The van der Waals surface area contributed by atoms with Crippen molar-refractivity contribution in [2.24, 2.45) is 0 Å². The van der Waals surface area contributed by atoms with Crippen LogP contribution in [0, 0.1) is 6.92 Å². The zero-order chi connectivity index (χ0) is 15.8. The van der Waals surface area contributed by atoms with Crippen LogP contribution in [0.4, 0.5) is 5.69 Å². The lowest BCUT2D eigenvalue weighted by molar-refractivity contribution is 0.0702. The van der Waals surface area contributed by atoms with E-state index >= 15 is 0 Å². The molecule has 0 fully saturated rings. The summed E-state index contributed by atoms with van der Waals surface area (Å²) in [6.07, 6.45) is 0. The number of benzene rings is 1. The van der Waals surface area contributed by atoms with Crippen LogP contribution >= 0.6 is 27.3 Å². The van der Waals surface area contributed by atoms with E-state index in [2.05, 4.69) is 15.9 Å². The minimum absolute atomic E-state index is 0.0290. The Kier molecular flexibility index (Phi) is 4.40. The summed E-state index contributed by atoms with van der Waals surface area (Å²) in [4.78, 5) is 10.9. The van der Waals surface area contributed by atoms with Gasteiger partial charge >= 0.3 is 5.97 Å². The third kappa shape index (κ3) is 2.97. The van der Waals surface area contributed by atoms with Gasteiger partial charge in [0, 0.05) is 7.05 Å². The number of aryl methyl sites for hydroxylation is 1. The first kappa shape index (κ1) is 16.0. The van der Waals surface area contributed by atoms with Gasteiger partial charge in [0.15, 0.2) is 0 Å². The zero-order valence-corrected chi connectivity index (χ0v) is 14.4. The Morgan fingerprint density at radius 3 is 2.48 bits per heavy atom. The van der Waals surface area contributed by atoms with Crippen molar-refractivity contribution in [3.05, 3.63) is 44.6 Å². The molecule has 2 aromatic rings. The predicted octanol–water partition coefficient (Wildman–Crippen LogP) is 3.34. The van der Waals surface area contributed by atoms with Crippen LogP contribution in [0.1, 0.15) is 15.2 Å². The highest BCUT2D eigenvalue weighted by molar-refractivity contribution is 9.11. The molecule has 0 spiro atoms. The molecule has 0 bridgehead atoms. The summed E-state index contributed by atoms with van der Waals surface area (Å²) in [5.41, 5.74) is 1.36. The molecule has 21 heavy (non-hydrogen) atoms. The van der Waals surface area contributed by atoms with Crippen LogP contribution in [0.25, 0.3) is 0 Å². The van der Waals surface area contributed by atoms with Crippen molar-refractivity contribution in [3.63, 3.8) is 0 Å². The lowest BCUT2D eigenvalue weighted by atomic mass is 10.2. The first-order valence-electron chi connectivity index (χ1n) is 5.82. The Balaban J connectivity index is 2.52. The molecule has 0 radical (unpaired) electrons. The van der Waals surface area contributed by atoms with E-state index in [-0.39, 0.29) is 13.6 Å². The Labute approximate surface area is 135 Å². The van der Waals surface area contributed by atoms with Gasteiger partial charge in [-0.15, -0.1) is 11.3 Å². The summed E-state index contributed by atoms with van der Waals surface area (Å²) >= 11 is 4.01. The minimum Gasteiger partial charge on any atom is -0.477 e. The predicted molar refractivity (Wildman–Crippen MR) is 85.7 cm³/mol. The Morgan fingerprint density at radius 1 is 1.33 bits per heavy atom. The number of rotatable bonds is 4. The number of nitrogens with zero attached hydrogens (tertiary/aromatic N) is 1. The minimum atomic E-state index is -3.82. The maximum absolute atomic E-state index is 12.7. The number of carboxylic acids is 1. The molecule has 0 aliphatic heterocycles. The molecular formula is C13H12BrNO4S2. The van der Waals surface area contributed by atoms with Gasteiger partial charge in [-0.3, -0.25) is 4.31 Å². The Hall–Kier alpha value is -1.38. The molecular weight excluding hydrogens is 378 g/mol. The number of carboxylic acid groups (broad SMARTS) is 1. The fourth-order valence-electron chi connectivity index (χ4n) is 1.83. The van der Waals surface area contributed by atoms with Crippen LogP contribution in [-0.4, -0.2) is 26.5 Å². The number of thiophene rings is 1. The molecule has 0 amide bonds. The van der Waals surface area contributed by atoms with Gasteiger partial charge in [0.2, 0.25) is 0 Å². The van der Waals surface area contributed by atoms with Gasteiger partial charge in [0.1, 0.15) is 9.77 Å². The molecule has 0 unspecified atom stereocenters. The average molecular weight is 390 g/mol. The van der Waals surface area contributed by atoms with Crippen molar-refractivity contribution < 1.29 is 18.3 Å². The lowest BCUT2D eigenvalue weighted by Gasteiger charge is -2.20. The molecule has 112 valence electrons. The summed E-state index contributed by atoms with van der Waals surface area (Å²) in [5.74, 6) is -1.15. The molecule has 2 rings (SSSR count). The van der Waals surface area contributed by atoms with Gasteiger partial charge in [0.25, 0.3) is 10.0 Å². The smallest absolute Gasteiger partial charge is 0.345 e.